The van der Waals surface area contributed by atoms with Gasteiger partial charge in [-0.3, -0.25) is 4.79 Å². The van der Waals surface area contributed by atoms with Crippen molar-refractivity contribution in [2.75, 3.05) is 30.5 Å². The lowest BCUT2D eigenvalue weighted by Gasteiger charge is -2.04. The summed E-state index contributed by atoms with van der Waals surface area (Å²) in [6, 6.07) is 1.61. The molecule has 2 N–H and O–H groups in total. The van der Waals surface area contributed by atoms with Gasteiger partial charge in [0, 0.05) is 17.7 Å². The predicted octanol–water partition coefficient (Wildman–Crippen LogP) is 2.33. The number of anilines is 1. The minimum Gasteiger partial charge on any atom is -0.478 e. The molecule has 0 saturated carbocycles. The third-order valence-corrected chi connectivity index (χ3v) is 4.40. The van der Waals surface area contributed by atoms with Crippen LogP contribution in [0.2, 0.25) is 0 Å². The standard InChI is InChI=1S/C12H17NO4S2/c1-3-8-6-9(12(15)16)11(19-8)13-10(14)7-18-5-4-17-2/h6H,3-5,7H2,1-2H3,(H,13,14)(H,15,16). The van der Waals surface area contributed by atoms with Gasteiger partial charge in [0.05, 0.1) is 17.9 Å². The molecule has 0 bridgehead atoms. The second-order valence-electron chi connectivity index (χ2n) is 3.71. The lowest BCUT2D eigenvalue weighted by Crippen LogP contribution is -2.15. The number of rotatable bonds is 8. The minimum atomic E-state index is -1.02. The summed E-state index contributed by atoms with van der Waals surface area (Å²) in [6.07, 6.45) is 0.753. The number of carboxylic acids is 1. The van der Waals surface area contributed by atoms with E-state index in [4.69, 9.17) is 9.84 Å². The van der Waals surface area contributed by atoms with Gasteiger partial charge in [0.2, 0.25) is 5.91 Å². The molecule has 1 heterocycles. The Kier molecular flexibility index (Phi) is 6.90. The molecule has 0 aliphatic rings. The molecule has 1 amide bonds. The van der Waals surface area contributed by atoms with Crippen molar-refractivity contribution in [3.8, 4) is 0 Å². The quantitative estimate of drug-likeness (QED) is 0.721. The van der Waals surface area contributed by atoms with Crippen LogP contribution in [0.1, 0.15) is 22.2 Å². The third kappa shape index (κ3) is 5.22. The van der Waals surface area contributed by atoms with Gasteiger partial charge in [-0.05, 0) is 12.5 Å². The molecule has 0 aliphatic carbocycles. The molecular weight excluding hydrogens is 286 g/mol. The van der Waals surface area contributed by atoms with E-state index in [1.165, 1.54) is 23.1 Å². The number of nitrogens with one attached hydrogen (secondary N) is 1. The molecule has 0 radical (unpaired) electrons. The summed E-state index contributed by atoms with van der Waals surface area (Å²) in [6.45, 7) is 2.54. The Morgan fingerprint density at radius 1 is 1.53 bits per heavy atom. The highest BCUT2D eigenvalue weighted by Gasteiger charge is 2.16. The number of ether oxygens (including phenoxy) is 1. The number of thioether (sulfide) groups is 1. The second-order valence-corrected chi connectivity index (χ2v) is 5.95. The van der Waals surface area contributed by atoms with Crippen LogP contribution >= 0.6 is 23.1 Å². The van der Waals surface area contributed by atoms with Crippen LogP contribution in [0, 0.1) is 0 Å². The second kappa shape index (κ2) is 8.19. The predicted molar refractivity (Wildman–Crippen MR) is 78.5 cm³/mol. The summed E-state index contributed by atoms with van der Waals surface area (Å²) in [4.78, 5) is 23.7. The van der Waals surface area contributed by atoms with Gasteiger partial charge in [0.1, 0.15) is 5.00 Å². The molecule has 0 aliphatic heterocycles. The van der Waals surface area contributed by atoms with Crippen LogP contribution in [0.25, 0.3) is 0 Å². The topological polar surface area (TPSA) is 75.6 Å². The van der Waals surface area contributed by atoms with Gasteiger partial charge in [-0.2, -0.15) is 0 Å². The summed E-state index contributed by atoms with van der Waals surface area (Å²) < 4.78 is 4.88. The molecule has 0 aromatic carbocycles. The summed E-state index contributed by atoms with van der Waals surface area (Å²) in [5.41, 5.74) is 0.164. The van der Waals surface area contributed by atoms with Crippen molar-refractivity contribution in [1.29, 1.82) is 0 Å². The van der Waals surface area contributed by atoms with Crippen LogP contribution in [0.5, 0.6) is 0 Å². The minimum absolute atomic E-state index is 0.164. The number of thiophene rings is 1. The number of carboxylic acid groups (broad SMARTS) is 1. The largest absolute Gasteiger partial charge is 0.478 e. The van der Waals surface area contributed by atoms with Gasteiger partial charge in [-0.25, -0.2) is 4.79 Å². The molecule has 0 atom stereocenters. The number of aromatic carboxylic acids is 1. The van der Waals surface area contributed by atoms with Gasteiger partial charge in [0.15, 0.2) is 0 Å². The molecule has 0 spiro atoms. The van der Waals surface area contributed by atoms with Crippen molar-refractivity contribution in [1.82, 2.24) is 0 Å². The number of aryl methyl sites for hydroxylation is 1. The molecule has 1 aromatic heterocycles. The fourth-order valence-corrected chi connectivity index (χ4v) is 3.03. The fourth-order valence-electron chi connectivity index (χ4n) is 1.34. The molecule has 0 saturated heterocycles. The normalized spacial score (nSPS) is 10.4. The van der Waals surface area contributed by atoms with E-state index in [-0.39, 0.29) is 11.5 Å². The van der Waals surface area contributed by atoms with E-state index < -0.39 is 5.97 Å². The maximum absolute atomic E-state index is 11.7. The molecule has 0 unspecified atom stereocenters. The smallest absolute Gasteiger partial charge is 0.338 e. The summed E-state index contributed by atoms with van der Waals surface area (Å²) in [5.74, 6) is -0.173. The number of hydrogen-bond donors (Lipinski definition) is 2. The lowest BCUT2D eigenvalue weighted by atomic mass is 10.2. The number of methoxy groups -OCH3 is 1. The molecule has 0 fully saturated rings. The van der Waals surface area contributed by atoms with E-state index in [1.54, 1.807) is 13.2 Å². The van der Waals surface area contributed by atoms with E-state index >= 15 is 0 Å². The first-order valence-corrected chi connectivity index (χ1v) is 7.78. The van der Waals surface area contributed by atoms with E-state index in [0.29, 0.717) is 17.4 Å². The maximum Gasteiger partial charge on any atom is 0.338 e. The van der Waals surface area contributed by atoms with Crippen molar-refractivity contribution in [3.63, 3.8) is 0 Å². The Bertz CT molecular complexity index is 445. The number of amides is 1. The highest BCUT2D eigenvalue weighted by atomic mass is 32.2. The van der Waals surface area contributed by atoms with Gasteiger partial charge in [-0.1, -0.05) is 6.92 Å². The first kappa shape index (κ1) is 16.0. The zero-order valence-corrected chi connectivity index (χ0v) is 12.5. The Balaban J connectivity index is 2.58. The lowest BCUT2D eigenvalue weighted by molar-refractivity contribution is -0.113. The molecule has 7 heteroatoms. The van der Waals surface area contributed by atoms with Crippen LogP contribution in [-0.4, -0.2) is 42.2 Å². The van der Waals surface area contributed by atoms with Gasteiger partial charge < -0.3 is 15.2 Å². The summed E-state index contributed by atoms with van der Waals surface area (Å²) in [5, 5.41) is 12.1. The Labute approximate surface area is 120 Å². The highest BCUT2D eigenvalue weighted by Crippen LogP contribution is 2.28. The number of hydrogen-bond acceptors (Lipinski definition) is 5. The molecule has 5 nitrogen and oxygen atoms in total. The Morgan fingerprint density at radius 2 is 2.26 bits per heavy atom. The van der Waals surface area contributed by atoms with Crippen molar-refractivity contribution >= 4 is 40.0 Å². The summed E-state index contributed by atoms with van der Waals surface area (Å²) >= 11 is 2.77. The van der Waals surface area contributed by atoms with E-state index in [9.17, 15) is 9.59 Å². The average molecular weight is 303 g/mol. The average Bonchev–Trinajstić information content (AvgIpc) is 2.78. The molecule has 106 valence electrons. The van der Waals surface area contributed by atoms with Crippen LogP contribution in [0.4, 0.5) is 5.00 Å². The van der Waals surface area contributed by atoms with E-state index in [1.807, 2.05) is 6.92 Å². The van der Waals surface area contributed by atoms with Crippen LogP contribution in [-0.2, 0) is 16.0 Å². The van der Waals surface area contributed by atoms with Gasteiger partial charge >= 0.3 is 5.97 Å². The third-order valence-electron chi connectivity index (χ3n) is 2.28. The van der Waals surface area contributed by atoms with Crippen LogP contribution < -0.4 is 5.32 Å². The zero-order chi connectivity index (χ0) is 14.3. The first-order valence-electron chi connectivity index (χ1n) is 5.81. The van der Waals surface area contributed by atoms with Crippen molar-refractivity contribution in [2.45, 2.75) is 13.3 Å². The van der Waals surface area contributed by atoms with Crippen LogP contribution in [0.15, 0.2) is 6.07 Å². The van der Waals surface area contributed by atoms with Crippen molar-refractivity contribution in [3.05, 3.63) is 16.5 Å². The molecule has 19 heavy (non-hydrogen) atoms. The Hall–Kier alpha value is -1.05. The SMILES string of the molecule is CCc1cc(C(=O)O)c(NC(=O)CSCCOC)s1. The fraction of sp³-hybridized carbons (Fsp3) is 0.500. The van der Waals surface area contributed by atoms with Gasteiger partial charge in [-0.15, -0.1) is 23.1 Å². The van der Waals surface area contributed by atoms with E-state index in [0.717, 1.165) is 17.1 Å². The highest BCUT2D eigenvalue weighted by molar-refractivity contribution is 7.99. The molecule has 1 aromatic rings. The van der Waals surface area contributed by atoms with Crippen molar-refractivity contribution in [2.24, 2.45) is 0 Å². The van der Waals surface area contributed by atoms with Crippen LogP contribution in [0.3, 0.4) is 0 Å². The van der Waals surface area contributed by atoms with E-state index in [2.05, 4.69) is 5.32 Å². The maximum atomic E-state index is 11.7. The number of carbonyl (C=O) groups is 2. The Morgan fingerprint density at radius 3 is 2.84 bits per heavy atom. The zero-order valence-electron chi connectivity index (χ0n) is 10.9. The van der Waals surface area contributed by atoms with Crippen molar-refractivity contribution < 1.29 is 19.4 Å². The first-order chi connectivity index (χ1) is 9.08. The summed E-state index contributed by atoms with van der Waals surface area (Å²) in [7, 11) is 1.61. The molecule has 1 rings (SSSR count). The molecular formula is C12H17NO4S2. The monoisotopic (exact) mass is 303 g/mol. The number of carbonyl (C=O) groups excluding carboxylic acids is 1. The van der Waals surface area contributed by atoms with Gasteiger partial charge in [0.25, 0.3) is 0 Å².